The molecular weight excluding hydrogens is 186 g/mol. The molecule has 1 aliphatic heterocycles. The molecule has 2 atom stereocenters. The molecule has 1 aromatic rings. The Morgan fingerprint density at radius 3 is 3.07 bits per heavy atom. The molecule has 15 heavy (non-hydrogen) atoms. The fraction of sp³-hybridized carbons (Fsp3) is 0.538. The van der Waals surface area contributed by atoms with Crippen molar-refractivity contribution in [1.82, 2.24) is 5.32 Å². The van der Waals surface area contributed by atoms with Crippen molar-refractivity contribution in [2.24, 2.45) is 0 Å². The van der Waals surface area contributed by atoms with Crippen molar-refractivity contribution in [2.75, 3.05) is 20.3 Å². The van der Waals surface area contributed by atoms with Crippen LogP contribution < -0.4 is 5.32 Å². The zero-order valence-corrected chi connectivity index (χ0v) is 9.49. The van der Waals surface area contributed by atoms with Crippen LogP contribution in [0.4, 0.5) is 0 Å². The van der Waals surface area contributed by atoms with Gasteiger partial charge >= 0.3 is 0 Å². The Balaban J connectivity index is 2.01. The molecular formula is C13H19NO. The zero-order chi connectivity index (χ0) is 10.7. The Morgan fingerprint density at radius 1 is 1.47 bits per heavy atom. The second-order valence-corrected chi connectivity index (χ2v) is 4.41. The minimum absolute atomic E-state index is 0.528. The molecule has 0 aromatic heterocycles. The van der Waals surface area contributed by atoms with Crippen molar-refractivity contribution >= 4 is 0 Å². The minimum atomic E-state index is 0.528. The van der Waals surface area contributed by atoms with E-state index < -0.39 is 0 Å². The predicted octanol–water partition coefficient (Wildman–Crippen LogP) is 2.09. The first-order valence-electron chi connectivity index (χ1n) is 5.58. The normalized spacial score (nSPS) is 25.7. The molecule has 1 saturated heterocycles. The first-order valence-corrected chi connectivity index (χ1v) is 5.58. The fourth-order valence-corrected chi connectivity index (χ4v) is 2.33. The van der Waals surface area contributed by atoms with E-state index in [1.807, 2.05) is 0 Å². The maximum absolute atomic E-state index is 5.17. The number of aryl methyl sites for hydroxylation is 1. The Labute approximate surface area is 91.6 Å². The van der Waals surface area contributed by atoms with Gasteiger partial charge in [0.05, 0.1) is 6.61 Å². The van der Waals surface area contributed by atoms with Crippen molar-refractivity contribution in [2.45, 2.75) is 25.3 Å². The molecule has 1 aromatic carbocycles. The molecule has 1 N–H and O–H groups in total. The highest BCUT2D eigenvalue weighted by molar-refractivity contribution is 5.26. The van der Waals surface area contributed by atoms with E-state index in [1.165, 1.54) is 17.5 Å². The van der Waals surface area contributed by atoms with Crippen LogP contribution in [0.15, 0.2) is 24.3 Å². The lowest BCUT2D eigenvalue weighted by atomic mass is 9.95. The Morgan fingerprint density at radius 2 is 2.33 bits per heavy atom. The van der Waals surface area contributed by atoms with Crippen LogP contribution in [0.3, 0.4) is 0 Å². The quantitative estimate of drug-likeness (QED) is 0.816. The van der Waals surface area contributed by atoms with Gasteiger partial charge in [-0.15, -0.1) is 0 Å². The second-order valence-electron chi connectivity index (χ2n) is 4.41. The van der Waals surface area contributed by atoms with E-state index in [-0.39, 0.29) is 0 Å². The van der Waals surface area contributed by atoms with Crippen LogP contribution in [0, 0.1) is 6.92 Å². The molecule has 2 heteroatoms. The summed E-state index contributed by atoms with van der Waals surface area (Å²) in [5.74, 6) is 0.657. The van der Waals surface area contributed by atoms with Gasteiger partial charge in [-0.3, -0.25) is 0 Å². The molecule has 0 amide bonds. The first kappa shape index (κ1) is 10.7. The highest BCUT2D eigenvalue weighted by Gasteiger charge is 2.24. The van der Waals surface area contributed by atoms with Crippen LogP contribution in [0.25, 0.3) is 0 Å². The van der Waals surface area contributed by atoms with Crippen molar-refractivity contribution in [1.29, 1.82) is 0 Å². The van der Waals surface area contributed by atoms with E-state index in [1.54, 1.807) is 7.11 Å². The lowest BCUT2D eigenvalue weighted by Gasteiger charge is -2.10. The number of rotatable bonds is 3. The van der Waals surface area contributed by atoms with Crippen molar-refractivity contribution in [3.8, 4) is 0 Å². The smallest absolute Gasteiger partial charge is 0.0616 e. The lowest BCUT2D eigenvalue weighted by molar-refractivity contribution is 0.173. The van der Waals surface area contributed by atoms with E-state index in [4.69, 9.17) is 4.74 Å². The summed E-state index contributed by atoms with van der Waals surface area (Å²) >= 11 is 0. The summed E-state index contributed by atoms with van der Waals surface area (Å²) in [5.41, 5.74) is 2.81. The topological polar surface area (TPSA) is 21.3 Å². The molecule has 0 radical (unpaired) electrons. The molecule has 2 unspecified atom stereocenters. The molecule has 0 saturated carbocycles. The molecule has 2 rings (SSSR count). The zero-order valence-electron chi connectivity index (χ0n) is 9.49. The van der Waals surface area contributed by atoms with Crippen LogP contribution in [0.2, 0.25) is 0 Å². The molecule has 2 nitrogen and oxygen atoms in total. The van der Waals surface area contributed by atoms with Crippen molar-refractivity contribution in [3.63, 3.8) is 0 Å². The number of hydrogen-bond acceptors (Lipinski definition) is 2. The molecule has 0 aliphatic carbocycles. The standard InChI is InChI=1S/C13H19NO/c1-10-4-3-5-11(6-10)12-7-13(9-15-2)14-8-12/h3-6,12-14H,7-9H2,1-2H3. The average Bonchev–Trinajstić information content (AvgIpc) is 2.67. The summed E-state index contributed by atoms with van der Waals surface area (Å²) < 4.78 is 5.17. The van der Waals surface area contributed by atoms with Crippen LogP contribution in [-0.2, 0) is 4.74 Å². The SMILES string of the molecule is COCC1CC(c2cccc(C)c2)CN1. The Bertz CT molecular complexity index is 324. The second kappa shape index (κ2) is 4.77. The van der Waals surface area contributed by atoms with Crippen molar-refractivity contribution < 1.29 is 4.74 Å². The van der Waals surface area contributed by atoms with E-state index in [9.17, 15) is 0 Å². The van der Waals surface area contributed by atoms with Crippen molar-refractivity contribution in [3.05, 3.63) is 35.4 Å². The van der Waals surface area contributed by atoms with E-state index in [2.05, 4.69) is 36.5 Å². The predicted molar refractivity (Wildman–Crippen MR) is 62.2 cm³/mol. The van der Waals surface area contributed by atoms with Gasteiger partial charge < -0.3 is 10.1 Å². The maximum atomic E-state index is 5.17. The van der Waals surface area contributed by atoms with E-state index >= 15 is 0 Å². The minimum Gasteiger partial charge on any atom is -0.383 e. The highest BCUT2D eigenvalue weighted by atomic mass is 16.5. The van der Waals surface area contributed by atoms with Gasteiger partial charge in [-0.05, 0) is 24.8 Å². The molecule has 1 aliphatic rings. The summed E-state index contributed by atoms with van der Waals surface area (Å²) in [6.07, 6.45) is 1.19. The van der Waals surface area contributed by atoms with Gasteiger partial charge in [0.1, 0.15) is 0 Å². The van der Waals surface area contributed by atoms with Crippen LogP contribution in [0.1, 0.15) is 23.5 Å². The molecule has 0 spiro atoms. The third-order valence-electron chi connectivity index (χ3n) is 3.10. The summed E-state index contributed by atoms with van der Waals surface area (Å²) in [4.78, 5) is 0. The number of methoxy groups -OCH3 is 1. The fourth-order valence-electron chi connectivity index (χ4n) is 2.33. The van der Waals surface area contributed by atoms with Crippen LogP contribution in [0.5, 0.6) is 0 Å². The maximum Gasteiger partial charge on any atom is 0.0616 e. The highest BCUT2D eigenvalue weighted by Crippen LogP contribution is 2.26. The monoisotopic (exact) mass is 205 g/mol. The lowest BCUT2D eigenvalue weighted by Crippen LogP contribution is -2.25. The number of benzene rings is 1. The summed E-state index contributed by atoms with van der Waals surface area (Å²) in [7, 11) is 1.77. The van der Waals surface area contributed by atoms with Gasteiger partial charge in [0, 0.05) is 19.7 Å². The summed E-state index contributed by atoms with van der Waals surface area (Å²) in [5, 5.41) is 3.50. The van der Waals surface area contributed by atoms with Crippen LogP contribution >= 0.6 is 0 Å². The van der Waals surface area contributed by atoms with Gasteiger partial charge in [-0.25, -0.2) is 0 Å². The summed E-state index contributed by atoms with van der Waals surface area (Å²) in [6, 6.07) is 9.35. The van der Waals surface area contributed by atoms with Gasteiger partial charge in [0.25, 0.3) is 0 Å². The Hall–Kier alpha value is -0.860. The molecule has 1 fully saturated rings. The van der Waals surface area contributed by atoms with E-state index in [0.29, 0.717) is 12.0 Å². The van der Waals surface area contributed by atoms with Gasteiger partial charge in [-0.2, -0.15) is 0 Å². The third kappa shape index (κ3) is 2.58. The van der Waals surface area contributed by atoms with Gasteiger partial charge in [-0.1, -0.05) is 29.8 Å². The molecule has 0 bridgehead atoms. The van der Waals surface area contributed by atoms with E-state index in [0.717, 1.165) is 13.2 Å². The number of nitrogens with one attached hydrogen (secondary N) is 1. The van der Waals surface area contributed by atoms with Gasteiger partial charge in [0.15, 0.2) is 0 Å². The Kier molecular flexibility index (Phi) is 3.39. The average molecular weight is 205 g/mol. The summed E-state index contributed by atoms with van der Waals surface area (Å²) in [6.45, 7) is 4.05. The molecule has 82 valence electrons. The molecule has 1 heterocycles. The largest absolute Gasteiger partial charge is 0.383 e. The number of ether oxygens (including phenoxy) is 1. The van der Waals surface area contributed by atoms with Gasteiger partial charge in [0.2, 0.25) is 0 Å². The first-order chi connectivity index (χ1) is 7.29. The number of hydrogen-bond donors (Lipinski definition) is 1. The third-order valence-corrected chi connectivity index (χ3v) is 3.10. The van der Waals surface area contributed by atoms with Crippen LogP contribution in [-0.4, -0.2) is 26.3 Å².